The lowest BCUT2D eigenvalue weighted by Gasteiger charge is -2.05. The fourth-order valence-corrected chi connectivity index (χ4v) is 1.72. The maximum absolute atomic E-state index is 9.30. The van der Waals surface area contributed by atoms with E-state index >= 15 is 0 Å². The maximum Gasteiger partial charge on any atom is 0.0670 e. The van der Waals surface area contributed by atoms with Crippen LogP contribution in [0, 0.1) is 11.3 Å². The first kappa shape index (κ1) is 14.5. The topological polar surface area (TPSA) is 44.0 Å². The SMILES string of the molecule is CCCCCCCCCC[C@H](O)CC#N. The van der Waals surface area contributed by atoms with Gasteiger partial charge in [-0.15, -0.1) is 0 Å². The third-order valence-electron chi connectivity index (χ3n) is 2.72. The molecule has 1 atom stereocenters. The molecule has 0 aromatic rings. The zero-order chi connectivity index (χ0) is 11.4. The van der Waals surface area contributed by atoms with Gasteiger partial charge in [0.25, 0.3) is 0 Å². The van der Waals surface area contributed by atoms with Gasteiger partial charge in [0.15, 0.2) is 0 Å². The van der Waals surface area contributed by atoms with Crippen LogP contribution in [0.15, 0.2) is 0 Å². The molecule has 0 saturated heterocycles. The third-order valence-corrected chi connectivity index (χ3v) is 2.72. The van der Waals surface area contributed by atoms with Crippen molar-refractivity contribution in [2.45, 2.75) is 77.2 Å². The van der Waals surface area contributed by atoms with E-state index in [-0.39, 0.29) is 6.42 Å². The van der Waals surface area contributed by atoms with Gasteiger partial charge in [-0.3, -0.25) is 0 Å². The number of unbranched alkanes of at least 4 members (excludes halogenated alkanes) is 7. The molecule has 2 heteroatoms. The van der Waals surface area contributed by atoms with Gasteiger partial charge >= 0.3 is 0 Å². The lowest BCUT2D eigenvalue weighted by molar-refractivity contribution is 0.165. The van der Waals surface area contributed by atoms with Crippen LogP contribution in [0.2, 0.25) is 0 Å². The molecule has 0 spiro atoms. The fourth-order valence-electron chi connectivity index (χ4n) is 1.72. The molecule has 0 aromatic carbocycles. The minimum Gasteiger partial charge on any atom is -0.392 e. The second kappa shape index (κ2) is 11.5. The van der Waals surface area contributed by atoms with Crippen LogP contribution >= 0.6 is 0 Å². The number of aliphatic hydroxyl groups is 1. The largest absolute Gasteiger partial charge is 0.392 e. The average Bonchev–Trinajstić information content (AvgIpc) is 2.22. The predicted octanol–water partition coefficient (Wildman–Crippen LogP) is 3.79. The van der Waals surface area contributed by atoms with Crippen LogP contribution in [-0.2, 0) is 0 Å². The molecule has 0 fully saturated rings. The van der Waals surface area contributed by atoms with Crippen molar-refractivity contribution in [2.24, 2.45) is 0 Å². The summed E-state index contributed by atoms with van der Waals surface area (Å²) in [6.45, 7) is 2.23. The van der Waals surface area contributed by atoms with E-state index in [0.29, 0.717) is 0 Å². The number of rotatable bonds is 10. The number of aliphatic hydroxyl groups excluding tert-OH is 1. The van der Waals surface area contributed by atoms with E-state index in [2.05, 4.69) is 6.92 Å². The highest BCUT2D eigenvalue weighted by atomic mass is 16.3. The number of nitriles is 1. The van der Waals surface area contributed by atoms with Gasteiger partial charge in [-0.05, 0) is 6.42 Å². The van der Waals surface area contributed by atoms with Crippen LogP contribution in [0.5, 0.6) is 0 Å². The van der Waals surface area contributed by atoms with Crippen LogP contribution in [0.1, 0.15) is 71.1 Å². The molecule has 88 valence electrons. The Morgan fingerprint density at radius 3 is 2.07 bits per heavy atom. The van der Waals surface area contributed by atoms with Crippen LogP contribution in [0.4, 0.5) is 0 Å². The number of nitrogens with zero attached hydrogens (tertiary/aromatic N) is 1. The van der Waals surface area contributed by atoms with Crippen molar-refractivity contribution in [3.63, 3.8) is 0 Å². The zero-order valence-electron chi connectivity index (χ0n) is 10.0. The van der Waals surface area contributed by atoms with Crippen molar-refractivity contribution in [3.8, 4) is 6.07 Å². The quantitative estimate of drug-likeness (QED) is 0.559. The van der Waals surface area contributed by atoms with Gasteiger partial charge in [0.2, 0.25) is 0 Å². The molecular weight excluding hydrogens is 186 g/mol. The van der Waals surface area contributed by atoms with Crippen molar-refractivity contribution in [3.05, 3.63) is 0 Å². The third kappa shape index (κ3) is 11.4. The van der Waals surface area contributed by atoms with Gasteiger partial charge in [0.05, 0.1) is 18.6 Å². The first-order valence-electron chi connectivity index (χ1n) is 6.36. The van der Waals surface area contributed by atoms with Gasteiger partial charge in [-0.25, -0.2) is 0 Å². The Morgan fingerprint density at radius 2 is 1.53 bits per heavy atom. The van der Waals surface area contributed by atoms with Crippen LogP contribution in [0.3, 0.4) is 0 Å². The fraction of sp³-hybridized carbons (Fsp3) is 0.923. The summed E-state index contributed by atoms with van der Waals surface area (Å²) in [5.74, 6) is 0. The second-order valence-corrected chi connectivity index (χ2v) is 4.28. The minimum absolute atomic E-state index is 0.288. The van der Waals surface area contributed by atoms with E-state index in [4.69, 9.17) is 5.26 Å². The van der Waals surface area contributed by atoms with Crippen LogP contribution in [-0.4, -0.2) is 11.2 Å². The highest BCUT2D eigenvalue weighted by Crippen LogP contribution is 2.11. The van der Waals surface area contributed by atoms with Crippen molar-refractivity contribution in [2.75, 3.05) is 0 Å². The Hall–Kier alpha value is -0.550. The van der Waals surface area contributed by atoms with Gasteiger partial charge in [0.1, 0.15) is 0 Å². The molecule has 0 aliphatic heterocycles. The van der Waals surface area contributed by atoms with Crippen LogP contribution < -0.4 is 0 Å². The Morgan fingerprint density at radius 1 is 1.00 bits per heavy atom. The van der Waals surface area contributed by atoms with Crippen LogP contribution in [0.25, 0.3) is 0 Å². The van der Waals surface area contributed by atoms with E-state index in [1.165, 1.54) is 44.9 Å². The summed E-state index contributed by atoms with van der Waals surface area (Å²) >= 11 is 0. The predicted molar refractivity (Wildman–Crippen MR) is 63.5 cm³/mol. The maximum atomic E-state index is 9.30. The van der Waals surface area contributed by atoms with E-state index in [0.717, 1.165) is 12.8 Å². The number of hydrogen-bond acceptors (Lipinski definition) is 2. The molecule has 0 aliphatic carbocycles. The summed E-state index contributed by atoms with van der Waals surface area (Å²) in [6, 6.07) is 1.99. The normalized spacial score (nSPS) is 12.3. The molecule has 0 aromatic heterocycles. The van der Waals surface area contributed by atoms with E-state index in [9.17, 15) is 5.11 Å². The van der Waals surface area contributed by atoms with Crippen molar-refractivity contribution in [1.29, 1.82) is 5.26 Å². The monoisotopic (exact) mass is 211 g/mol. The summed E-state index contributed by atoms with van der Waals surface area (Å²) in [5, 5.41) is 17.6. The number of hydrogen-bond donors (Lipinski definition) is 1. The first-order valence-corrected chi connectivity index (χ1v) is 6.36. The molecule has 0 radical (unpaired) electrons. The molecule has 1 N–H and O–H groups in total. The summed E-state index contributed by atoms with van der Waals surface area (Å²) in [5.41, 5.74) is 0. The Kier molecular flexibility index (Phi) is 11.1. The Bertz CT molecular complexity index is 162. The van der Waals surface area contributed by atoms with E-state index in [1.54, 1.807) is 0 Å². The second-order valence-electron chi connectivity index (χ2n) is 4.28. The minimum atomic E-state index is -0.393. The summed E-state index contributed by atoms with van der Waals surface area (Å²) < 4.78 is 0. The van der Waals surface area contributed by atoms with Gasteiger partial charge in [-0.2, -0.15) is 5.26 Å². The molecular formula is C13H25NO. The average molecular weight is 211 g/mol. The molecule has 2 nitrogen and oxygen atoms in total. The van der Waals surface area contributed by atoms with E-state index in [1.807, 2.05) is 6.07 Å². The first-order chi connectivity index (χ1) is 7.31. The lowest BCUT2D eigenvalue weighted by atomic mass is 10.0. The molecule has 0 saturated carbocycles. The summed E-state index contributed by atoms with van der Waals surface area (Å²) in [6.07, 6.45) is 11.0. The highest BCUT2D eigenvalue weighted by Gasteiger charge is 2.01. The van der Waals surface area contributed by atoms with Crippen molar-refractivity contribution >= 4 is 0 Å². The van der Waals surface area contributed by atoms with E-state index < -0.39 is 6.10 Å². The smallest absolute Gasteiger partial charge is 0.0670 e. The zero-order valence-corrected chi connectivity index (χ0v) is 10.0. The van der Waals surface area contributed by atoms with Gasteiger partial charge in [-0.1, -0.05) is 58.3 Å². The molecule has 0 bridgehead atoms. The summed E-state index contributed by atoms with van der Waals surface area (Å²) in [7, 11) is 0. The van der Waals surface area contributed by atoms with Crippen molar-refractivity contribution < 1.29 is 5.11 Å². The summed E-state index contributed by atoms with van der Waals surface area (Å²) in [4.78, 5) is 0. The molecule has 0 heterocycles. The molecule has 0 aliphatic rings. The Balaban J connectivity index is 3.02. The van der Waals surface area contributed by atoms with Crippen molar-refractivity contribution in [1.82, 2.24) is 0 Å². The molecule has 15 heavy (non-hydrogen) atoms. The molecule has 0 rings (SSSR count). The highest BCUT2D eigenvalue weighted by molar-refractivity contribution is 4.74. The standard InChI is InChI=1S/C13H25NO/c1-2-3-4-5-6-7-8-9-10-13(15)11-12-14/h13,15H,2-11H2,1H3/t13-/m0/s1. The molecule has 0 amide bonds. The lowest BCUT2D eigenvalue weighted by Crippen LogP contribution is -2.04. The van der Waals surface area contributed by atoms with Gasteiger partial charge < -0.3 is 5.11 Å². The molecule has 0 unspecified atom stereocenters. The Labute approximate surface area is 94.3 Å². The van der Waals surface area contributed by atoms with Gasteiger partial charge in [0, 0.05) is 0 Å².